The van der Waals surface area contributed by atoms with E-state index in [1.54, 1.807) is 13.2 Å². The number of fused-ring (bicyclic) bond motifs is 6. The summed E-state index contributed by atoms with van der Waals surface area (Å²) in [4.78, 5) is 2.45. The molecule has 0 unspecified atom stereocenters. The number of likely N-dealkylation sites (N-methyl/N-ethyl adjacent to an activating group) is 1. The lowest BCUT2D eigenvalue weighted by atomic mass is 9.74. The number of nitrogens with one attached hydrogen (secondary N) is 1. The average Bonchev–Trinajstić information content (AvgIpc) is 2.86. The van der Waals surface area contributed by atoms with Crippen LogP contribution in [0.5, 0.6) is 17.2 Å². The van der Waals surface area contributed by atoms with Crippen molar-refractivity contribution < 1.29 is 14.9 Å². The molecule has 0 aromatic heterocycles. The lowest BCUT2D eigenvalue weighted by molar-refractivity contribution is 0.143. The molecule has 5 nitrogen and oxygen atoms in total. The highest BCUT2D eigenvalue weighted by atomic mass is 79.9. The summed E-state index contributed by atoms with van der Waals surface area (Å²) < 4.78 is 5.60. The molecule has 2 aromatic rings. The van der Waals surface area contributed by atoms with Crippen LogP contribution in [0.1, 0.15) is 78.2 Å². The van der Waals surface area contributed by atoms with Crippen molar-refractivity contribution >= 4 is 29.4 Å². The van der Waals surface area contributed by atoms with E-state index >= 15 is 0 Å². The third-order valence-electron chi connectivity index (χ3n) is 8.83. The second-order valence-corrected chi connectivity index (χ2v) is 10.7. The summed E-state index contributed by atoms with van der Waals surface area (Å²) in [5, 5.41) is 23.2. The zero-order valence-electron chi connectivity index (χ0n) is 21.8. The normalized spacial score (nSPS) is 26.3. The summed E-state index contributed by atoms with van der Waals surface area (Å²) in [6, 6.07) is 9.49. The second-order valence-electron chi connectivity index (χ2n) is 10.7. The Hall–Kier alpha value is -1.47. The van der Waals surface area contributed by atoms with Crippen LogP contribution in [0.4, 0.5) is 0 Å². The van der Waals surface area contributed by atoms with E-state index < -0.39 is 0 Å². The Balaban J connectivity index is 0.000000190. The summed E-state index contributed by atoms with van der Waals surface area (Å²) in [5.41, 5.74) is 6.51. The van der Waals surface area contributed by atoms with Gasteiger partial charge in [-0.15, -0.1) is 29.4 Å². The number of rotatable bonds is 1. The van der Waals surface area contributed by atoms with Crippen molar-refractivity contribution in [2.75, 3.05) is 27.2 Å². The molecule has 2 aliphatic carbocycles. The number of hydrogen-bond acceptors (Lipinski definition) is 5. The van der Waals surface area contributed by atoms with Crippen LogP contribution >= 0.6 is 29.4 Å². The SMILES string of the molecule is Br.CN1CCC[C@H]2c3ccc(O)c(O)c3CC[C@H]21.COc1c(C)ccc2c1CC[C@H]1NCCC[C@@H]21.Cl. The third kappa shape index (κ3) is 5.38. The quantitative estimate of drug-likeness (QED) is 0.360. The van der Waals surface area contributed by atoms with E-state index in [9.17, 15) is 10.2 Å². The van der Waals surface area contributed by atoms with Crippen LogP contribution in [-0.2, 0) is 12.8 Å². The topological polar surface area (TPSA) is 65.0 Å². The van der Waals surface area contributed by atoms with Gasteiger partial charge in [-0.1, -0.05) is 18.2 Å². The molecule has 0 radical (unpaired) electrons. The van der Waals surface area contributed by atoms with Crippen molar-refractivity contribution in [2.45, 2.75) is 82.2 Å². The van der Waals surface area contributed by atoms with E-state index in [-0.39, 0.29) is 40.9 Å². The molecule has 200 valence electrons. The Bertz CT molecular complexity index is 1050. The number of hydrogen-bond donors (Lipinski definition) is 3. The van der Waals surface area contributed by atoms with Gasteiger partial charge in [0, 0.05) is 17.6 Å². The van der Waals surface area contributed by atoms with E-state index in [1.807, 2.05) is 6.07 Å². The molecule has 2 aliphatic heterocycles. The number of halogens is 2. The molecule has 4 aliphatic rings. The molecule has 0 saturated carbocycles. The van der Waals surface area contributed by atoms with Gasteiger partial charge < -0.3 is 25.2 Å². The summed E-state index contributed by atoms with van der Waals surface area (Å²) in [6.45, 7) is 4.52. The zero-order valence-corrected chi connectivity index (χ0v) is 24.3. The van der Waals surface area contributed by atoms with Crippen LogP contribution in [0.3, 0.4) is 0 Å². The number of benzene rings is 2. The lowest BCUT2D eigenvalue weighted by Gasteiger charge is -2.43. The maximum Gasteiger partial charge on any atom is 0.160 e. The first-order valence-corrected chi connectivity index (χ1v) is 13.1. The molecule has 2 heterocycles. The fourth-order valence-electron chi connectivity index (χ4n) is 7.13. The van der Waals surface area contributed by atoms with Crippen molar-refractivity contribution in [2.24, 2.45) is 0 Å². The number of phenolic OH excluding ortho intramolecular Hbond substituents is 2. The molecule has 2 fully saturated rings. The standard InChI is InChI=1S/C15H21NO.C14H19NO2.BrH.ClH/c1-10-5-6-11-12-4-3-9-16-14(12)8-7-13(11)15(10)17-2;1-15-8-2-3-10-9-5-7-13(16)14(17)11(9)4-6-12(10)15;;/h5-6,12,14,16H,3-4,7-9H2,1-2H3;5,7,10,12,16-17H,2-4,6,8H2,1H3;2*1H/t12-,14+;10-,12+;;/m00../s1. The monoisotopic (exact) mass is 580 g/mol. The highest BCUT2D eigenvalue weighted by Crippen LogP contribution is 2.45. The van der Waals surface area contributed by atoms with Gasteiger partial charge in [0.25, 0.3) is 0 Å². The van der Waals surface area contributed by atoms with E-state index in [1.165, 1.54) is 67.4 Å². The molecule has 6 rings (SSSR count). The van der Waals surface area contributed by atoms with E-state index in [0.29, 0.717) is 23.9 Å². The Morgan fingerprint density at radius 1 is 0.917 bits per heavy atom. The predicted octanol–water partition coefficient (Wildman–Crippen LogP) is 6.01. The maximum atomic E-state index is 9.94. The van der Waals surface area contributed by atoms with Gasteiger partial charge in [0.05, 0.1) is 7.11 Å². The molecule has 0 amide bonds. The van der Waals surface area contributed by atoms with E-state index in [0.717, 1.165) is 30.6 Å². The minimum absolute atomic E-state index is 0. The van der Waals surface area contributed by atoms with Gasteiger partial charge in [0.1, 0.15) is 5.75 Å². The van der Waals surface area contributed by atoms with Crippen LogP contribution < -0.4 is 10.1 Å². The van der Waals surface area contributed by atoms with Gasteiger partial charge >= 0.3 is 0 Å². The maximum absolute atomic E-state index is 9.94. The first-order chi connectivity index (χ1) is 16.5. The Morgan fingerprint density at radius 3 is 2.39 bits per heavy atom. The molecule has 0 spiro atoms. The van der Waals surface area contributed by atoms with Crippen molar-refractivity contribution in [1.82, 2.24) is 10.2 Å². The molecule has 36 heavy (non-hydrogen) atoms. The van der Waals surface area contributed by atoms with Gasteiger partial charge in [-0.2, -0.15) is 0 Å². The number of aryl methyl sites for hydroxylation is 1. The van der Waals surface area contributed by atoms with Gasteiger partial charge in [0.2, 0.25) is 0 Å². The summed E-state index contributed by atoms with van der Waals surface area (Å²) in [5.74, 6) is 2.50. The Kier molecular flexibility index (Phi) is 10.0. The summed E-state index contributed by atoms with van der Waals surface area (Å²) in [6.07, 6.45) is 9.44. The van der Waals surface area contributed by atoms with Crippen molar-refractivity contribution in [3.63, 3.8) is 0 Å². The van der Waals surface area contributed by atoms with Crippen LogP contribution in [0.15, 0.2) is 24.3 Å². The van der Waals surface area contributed by atoms with Gasteiger partial charge in [-0.3, -0.25) is 0 Å². The number of phenols is 2. The van der Waals surface area contributed by atoms with Crippen LogP contribution in [-0.4, -0.2) is 54.4 Å². The number of nitrogens with zero attached hydrogens (tertiary/aromatic N) is 1. The number of aromatic hydroxyl groups is 2. The highest BCUT2D eigenvalue weighted by molar-refractivity contribution is 8.93. The summed E-state index contributed by atoms with van der Waals surface area (Å²) in [7, 11) is 4.00. The van der Waals surface area contributed by atoms with Crippen LogP contribution in [0.2, 0.25) is 0 Å². The number of piperidine rings is 2. The van der Waals surface area contributed by atoms with Gasteiger partial charge in [0.15, 0.2) is 11.5 Å². The van der Waals surface area contributed by atoms with E-state index in [2.05, 4.69) is 36.3 Å². The van der Waals surface area contributed by atoms with Crippen molar-refractivity contribution in [3.8, 4) is 17.2 Å². The predicted molar refractivity (Wildman–Crippen MR) is 154 cm³/mol. The first-order valence-electron chi connectivity index (χ1n) is 13.1. The van der Waals surface area contributed by atoms with Crippen molar-refractivity contribution in [3.05, 3.63) is 52.1 Å². The second kappa shape index (κ2) is 12.4. The molecule has 4 atom stereocenters. The van der Waals surface area contributed by atoms with Crippen LogP contribution in [0, 0.1) is 6.92 Å². The van der Waals surface area contributed by atoms with E-state index in [4.69, 9.17) is 4.74 Å². The molecule has 2 aromatic carbocycles. The number of methoxy groups -OCH3 is 1. The first kappa shape index (κ1) is 29.1. The number of ether oxygens (including phenoxy) is 1. The fourth-order valence-corrected chi connectivity index (χ4v) is 7.13. The van der Waals surface area contributed by atoms with Crippen molar-refractivity contribution in [1.29, 1.82) is 0 Å². The minimum Gasteiger partial charge on any atom is -0.504 e. The smallest absolute Gasteiger partial charge is 0.160 e. The lowest BCUT2D eigenvalue weighted by Crippen LogP contribution is -2.43. The molecule has 7 heteroatoms. The highest BCUT2D eigenvalue weighted by Gasteiger charge is 2.36. The molecule has 0 bridgehead atoms. The molecule has 2 saturated heterocycles. The average molecular weight is 582 g/mol. The minimum atomic E-state index is 0. The summed E-state index contributed by atoms with van der Waals surface area (Å²) >= 11 is 0. The molecule has 3 N–H and O–H groups in total. The molecular formula is C29H42BrClN2O3. The van der Waals surface area contributed by atoms with Crippen LogP contribution in [0.25, 0.3) is 0 Å². The fraction of sp³-hybridized carbons (Fsp3) is 0.586. The Labute approximate surface area is 232 Å². The zero-order chi connectivity index (χ0) is 23.8. The Morgan fingerprint density at radius 2 is 1.61 bits per heavy atom. The molecular weight excluding hydrogens is 540 g/mol. The third-order valence-corrected chi connectivity index (χ3v) is 8.83. The van der Waals surface area contributed by atoms with Gasteiger partial charge in [-0.25, -0.2) is 0 Å². The largest absolute Gasteiger partial charge is 0.504 e. The number of likely N-dealkylation sites (tertiary alicyclic amines) is 1. The van der Waals surface area contributed by atoms with Gasteiger partial charge in [-0.05, 0) is 119 Å².